The van der Waals surface area contributed by atoms with Crippen molar-refractivity contribution in [3.63, 3.8) is 0 Å². The van der Waals surface area contributed by atoms with Crippen LogP contribution in [0.4, 0.5) is 10.1 Å². The molecule has 4 rings (SSSR count). The van der Waals surface area contributed by atoms with Crippen LogP contribution in [0.5, 0.6) is 0 Å². The number of nitrogens with one attached hydrogen (secondary N) is 4. The van der Waals surface area contributed by atoms with E-state index >= 15 is 0 Å². The molecule has 4 N–H and O–H groups in total. The molecule has 0 atom stereocenters. The number of carbonyl (C=O) groups excluding carboxylic acids is 1. The second kappa shape index (κ2) is 9.64. The third kappa shape index (κ3) is 5.14. The van der Waals surface area contributed by atoms with Crippen molar-refractivity contribution in [1.82, 2.24) is 15.3 Å². The zero-order chi connectivity index (χ0) is 22.5. The standard InChI is InChI=1S/C24H25FN4O3/c25-18-10-6-15(7-11-18)14-26-20-21(28-24(32)29-22(20)30)23(31)27-19-12-8-17(9-13-19)16-4-2-1-3-5-16/h1-7,10-11,17,19,26H,8-9,12-14H2,(H,27,31)(H2,28,29,30,32)/t17-,19+. The van der Waals surface area contributed by atoms with Crippen molar-refractivity contribution >= 4 is 11.6 Å². The Morgan fingerprint density at radius 3 is 2.31 bits per heavy atom. The highest BCUT2D eigenvalue weighted by molar-refractivity contribution is 5.97. The van der Waals surface area contributed by atoms with Crippen LogP contribution in [0.1, 0.15) is 53.2 Å². The molecule has 1 amide bonds. The maximum Gasteiger partial charge on any atom is 0.326 e. The van der Waals surface area contributed by atoms with E-state index in [1.807, 2.05) is 18.2 Å². The van der Waals surface area contributed by atoms with Gasteiger partial charge in [0.25, 0.3) is 11.5 Å². The van der Waals surface area contributed by atoms with Gasteiger partial charge in [-0.3, -0.25) is 14.6 Å². The van der Waals surface area contributed by atoms with E-state index in [2.05, 4.69) is 32.7 Å². The topological polar surface area (TPSA) is 107 Å². The van der Waals surface area contributed by atoms with Crippen molar-refractivity contribution < 1.29 is 9.18 Å². The molecule has 1 aromatic heterocycles. The summed E-state index contributed by atoms with van der Waals surface area (Å²) in [7, 11) is 0. The number of hydrogen-bond donors (Lipinski definition) is 4. The maximum absolute atomic E-state index is 13.1. The summed E-state index contributed by atoms with van der Waals surface area (Å²) in [5.41, 5.74) is 0.468. The Labute approximate surface area is 184 Å². The highest BCUT2D eigenvalue weighted by atomic mass is 19.1. The second-order valence-corrected chi connectivity index (χ2v) is 8.07. The summed E-state index contributed by atoms with van der Waals surface area (Å²) in [6.07, 6.45) is 3.54. The van der Waals surface area contributed by atoms with Crippen LogP contribution >= 0.6 is 0 Å². The summed E-state index contributed by atoms with van der Waals surface area (Å²) in [6, 6.07) is 16.1. The molecule has 1 aliphatic rings. The summed E-state index contributed by atoms with van der Waals surface area (Å²) in [5, 5.41) is 5.85. The average molecular weight is 436 g/mol. The van der Waals surface area contributed by atoms with Crippen LogP contribution in [-0.2, 0) is 6.54 Å². The second-order valence-electron chi connectivity index (χ2n) is 8.07. The molecule has 2 aromatic carbocycles. The molecule has 0 radical (unpaired) electrons. The lowest BCUT2D eigenvalue weighted by Gasteiger charge is -2.29. The highest BCUT2D eigenvalue weighted by Crippen LogP contribution is 2.32. The number of halogens is 1. The van der Waals surface area contributed by atoms with E-state index in [9.17, 15) is 18.8 Å². The number of benzene rings is 2. The molecule has 1 heterocycles. The number of hydrogen-bond acceptors (Lipinski definition) is 4. The van der Waals surface area contributed by atoms with Crippen LogP contribution in [0.3, 0.4) is 0 Å². The SMILES string of the molecule is O=C(N[C@H]1CC[C@@H](c2ccccc2)CC1)c1[nH]c(=O)[nH]c(=O)c1NCc1ccc(F)cc1. The number of aromatic amines is 2. The fraction of sp³-hybridized carbons (Fsp3) is 0.292. The van der Waals surface area contributed by atoms with Gasteiger partial charge >= 0.3 is 5.69 Å². The van der Waals surface area contributed by atoms with Crippen molar-refractivity contribution in [2.45, 2.75) is 44.2 Å². The number of anilines is 1. The van der Waals surface area contributed by atoms with E-state index in [-0.39, 0.29) is 29.8 Å². The van der Waals surface area contributed by atoms with Gasteiger partial charge in [0.2, 0.25) is 0 Å². The van der Waals surface area contributed by atoms with Gasteiger partial charge in [-0.25, -0.2) is 9.18 Å². The Morgan fingerprint density at radius 2 is 1.62 bits per heavy atom. The Hall–Kier alpha value is -3.68. The molecule has 1 saturated carbocycles. The molecule has 0 unspecified atom stereocenters. The molecule has 0 aliphatic heterocycles. The molecule has 7 nitrogen and oxygen atoms in total. The van der Waals surface area contributed by atoms with E-state index in [4.69, 9.17) is 0 Å². The van der Waals surface area contributed by atoms with Crippen molar-refractivity contribution in [2.24, 2.45) is 0 Å². The lowest BCUT2D eigenvalue weighted by atomic mass is 9.82. The smallest absolute Gasteiger partial charge is 0.326 e. The molecule has 1 aliphatic carbocycles. The summed E-state index contributed by atoms with van der Waals surface area (Å²) in [6.45, 7) is 0.192. The summed E-state index contributed by atoms with van der Waals surface area (Å²) in [4.78, 5) is 41.7. The van der Waals surface area contributed by atoms with Crippen LogP contribution in [0.2, 0.25) is 0 Å². The number of H-pyrrole nitrogens is 2. The Balaban J connectivity index is 1.43. The van der Waals surface area contributed by atoms with Gasteiger partial charge < -0.3 is 15.6 Å². The molecular weight excluding hydrogens is 411 g/mol. The minimum absolute atomic E-state index is 0.0237. The molecule has 0 saturated heterocycles. The van der Waals surface area contributed by atoms with E-state index in [1.165, 1.54) is 17.7 Å². The van der Waals surface area contributed by atoms with Crippen LogP contribution in [0.15, 0.2) is 64.2 Å². The molecule has 166 valence electrons. The Kier molecular flexibility index (Phi) is 6.49. The monoisotopic (exact) mass is 436 g/mol. The van der Waals surface area contributed by atoms with E-state index in [0.717, 1.165) is 31.2 Å². The number of rotatable bonds is 6. The largest absolute Gasteiger partial charge is 0.375 e. The first-order valence-electron chi connectivity index (χ1n) is 10.7. The third-order valence-electron chi connectivity index (χ3n) is 5.89. The molecule has 8 heteroatoms. The maximum atomic E-state index is 13.1. The normalized spacial score (nSPS) is 18.2. The van der Waals surface area contributed by atoms with Gasteiger partial charge in [0.1, 0.15) is 17.2 Å². The van der Waals surface area contributed by atoms with E-state index in [0.29, 0.717) is 5.92 Å². The number of carbonyl (C=O) groups is 1. The van der Waals surface area contributed by atoms with Crippen molar-refractivity contribution in [3.05, 3.63) is 98.1 Å². The fourth-order valence-electron chi connectivity index (χ4n) is 4.17. The van der Waals surface area contributed by atoms with Gasteiger partial charge in [0, 0.05) is 12.6 Å². The van der Waals surface area contributed by atoms with E-state index in [1.54, 1.807) is 12.1 Å². The van der Waals surface area contributed by atoms with Gasteiger partial charge in [0.15, 0.2) is 0 Å². The zero-order valence-corrected chi connectivity index (χ0v) is 17.5. The van der Waals surface area contributed by atoms with Crippen molar-refractivity contribution in [3.8, 4) is 0 Å². The summed E-state index contributed by atoms with van der Waals surface area (Å²) < 4.78 is 13.1. The molecule has 3 aromatic rings. The minimum atomic E-state index is -0.750. The molecule has 0 bridgehead atoms. The Bertz CT molecular complexity index is 1180. The van der Waals surface area contributed by atoms with Crippen molar-refractivity contribution in [1.29, 1.82) is 0 Å². The summed E-state index contributed by atoms with van der Waals surface area (Å²) in [5.74, 6) is -0.396. The predicted molar refractivity (Wildman–Crippen MR) is 120 cm³/mol. The molecule has 0 spiro atoms. The van der Waals surface area contributed by atoms with Crippen LogP contribution in [0.25, 0.3) is 0 Å². The van der Waals surface area contributed by atoms with Crippen LogP contribution in [-0.4, -0.2) is 21.9 Å². The number of amides is 1. The fourth-order valence-corrected chi connectivity index (χ4v) is 4.17. The lowest BCUT2D eigenvalue weighted by Crippen LogP contribution is -2.40. The number of aromatic nitrogens is 2. The Morgan fingerprint density at radius 1 is 0.938 bits per heavy atom. The predicted octanol–water partition coefficient (Wildman–Crippen LogP) is 3.27. The highest BCUT2D eigenvalue weighted by Gasteiger charge is 2.25. The van der Waals surface area contributed by atoms with Gasteiger partial charge in [-0.2, -0.15) is 0 Å². The van der Waals surface area contributed by atoms with Crippen molar-refractivity contribution in [2.75, 3.05) is 5.32 Å². The first kappa shape index (κ1) is 21.5. The first-order chi connectivity index (χ1) is 15.5. The van der Waals surface area contributed by atoms with Gasteiger partial charge in [-0.05, 0) is 54.9 Å². The first-order valence-corrected chi connectivity index (χ1v) is 10.7. The van der Waals surface area contributed by atoms with Gasteiger partial charge in [0.05, 0.1) is 0 Å². The quantitative estimate of drug-likeness (QED) is 0.476. The summed E-state index contributed by atoms with van der Waals surface area (Å²) >= 11 is 0. The zero-order valence-electron chi connectivity index (χ0n) is 17.5. The van der Waals surface area contributed by atoms with Gasteiger partial charge in [-0.15, -0.1) is 0 Å². The lowest BCUT2D eigenvalue weighted by molar-refractivity contribution is 0.0921. The average Bonchev–Trinajstić information content (AvgIpc) is 2.80. The van der Waals surface area contributed by atoms with Crippen LogP contribution in [0, 0.1) is 5.82 Å². The van der Waals surface area contributed by atoms with E-state index < -0.39 is 17.2 Å². The third-order valence-corrected chi connectivity index (χ3v) is 5.89. The van der Waals surface area contributed by atoms with Gasteiger partial charge in [-0.1, -0.05) is 42.5 Å². The minimum Gasteiger partial charge on any atom is -0.375 e. The molecular formula is C24H25FN4O3. The molecule has 1 fully saturated rings. The van der Waals surface area contributed by atoms with Crippen LogP contribution < -0.4 is 21.9 Å². The molecule has 32 heavy (non-hydrogen) atoms.